The number of para-hydroxylation sites is 1. The second-order valence-corrected chi connectivity index (χ2v) is 7.10. The number of alkyl halides is 3. The Bertz CT molecular complexity index is 1230. The van der Waals surface area contributed by atoms with Gasteiger partial charge < -0.3 is 10.1 Å². The smallest absolute Gasteiger partial charge is 0.416 e. The van der Waals surface area contributed by atoms with E-state index in [-0.39, 0.29) is 17.0 Å². The molecule has 174 valence electrons. The summed E-state index contributed by atoms with van der Waals surface area (Å²) in [7, 11) is 0. The zero-order valence-electron chi connectivity index (χ0n) is 17.1. The van der Waals surface area contributed by atoms with E-state index in [2.05, 4.69) is 10.4 Å². The van der Waals surface area contributed by atoms with Crippen molar-refractivity contribution in [3.05, 3.63) is 94.5 Å². The topological polar surface area (TPSA) is 96.9 Å². The van der Waals surface area contributed by atoms with Crippen LogP contribution in [-0.2, 0) is 15.8 Å². The van der Waals surface area contributed by atoms with Crippen molar-refractivity contribution < 1.29 is 32.3 Å². The van der Waals surface area contributed by atoms with Crippen LogP contribution in [0.1, 0.15) is 21.5 Å². The summed E-state index contributed by atoms with van der Waals surface area (Å²) < 4.78 is 43.1. The minimum absolute atomic E-state index is 0.00316. The number of hydrogen-bond donors (Lipinski definition) is 2. The minimum atomic E-state index is -4.52. The summed E-state index contributed by atoms with van der Waals surface area (Å²) in [5.74, 6) is -2.79. The summed E-state index contributed by atoms with van der Waals surface area (Å²) in [5, 5.41) is 6.28. The zero-order chi connectivity index (χ0) is 24.7. The number of nitrogens with zero attached hydrogens (tertiary/aromatic N) is 1. The Labute approximate surface area is 196 Å². The summed E-state index contributed by atoms with van der Waals surface area (Å²) in [6, 6.07) is 16.0. The van der Waals surface area contributed by atoms with Crippen molar-refractivity contribution in [3.8, 4) is 5.75 Å². The normalized spacial score (nSPS) is 11.2. The molecule has 0 heterocycles. The predicted molar refractivity (Wildman–Crippen MR) is 119 cm³/mol. The molecule has 0 atom stereocenters. The number of nitrogens with one attached hydrogen (secondary N) is 2. The zero-order valence-corrected chi connectivity index (χ0v) is 17.9. The number of esters is 1. The van der Waals surface area contributed by atoms with Gasteiger partial charge in [0.15, 0.2) is 0 Å². The van der Waals surface area contributed by atoms with Gasteiger partial charge in [-0.1, -0.05) is 23.7 Å². The third-order valence-corrected chi connectivity index (χ3v) is 4.50. The Kier molecular flexibility index (Phi) is 7.64. The highest BCUT2D eigenvalue weighted by atomic mass is 35.5. The van der Waals surface area contributed by atoms with Gasteiger partial charge in [-0.05, 0) is 60.7 Å². The van der Waals surface area contributed by atoms with Crippen LogP contribution in [-0.4, -0.2) is 24.0 Å². The number of benzene rings is 3. The van der Waals surface area contributed by atoms with E-state index in [1.165, 1.54) is 30.3 Å². The molecule has 0 aromatic heterocycles. The van der Waals surface area contributed by atoms with Crippen LogP contribution in [0, 0.1) is 0 Å². The molecule has 0 fully saturated rings. The minimum Gasteiger partial charge on any atom is -0.422 e. The first-order valence-electron chi connectivity index (χ1n) is 9.52. The highest BCUT2D eigenvalue weighted by Gasteiger charge is 2.30. The maximum absolute atomic E-state index is 12.6. The molecule has 0 aliphatic carbocycles. The predicted octanol–water partition coefficient (Wildman–Crippen LogP) is 4.67. The van der Waals surface area contributed by atoms with Gasteiger partial charge in [0.05, 0.1) is 17.3 Å². The fraction of sp³-hybridized carbons (Fsp3) is 0.0435. The van der Waals surface area contributed by atoms with Crippen LogP contribution in [0.5, 0.6) is 5.75 Å². The molecular weight excluding hydrogens is 475 g/mol. The second kappa shape index (κ2) is 10.6. The van der Waals surface area contributed by atoms with Crippen LogP contribution >= 0.6 is 11.6 Å². The van der Waals surface area contributed by atoms with E-state index < -0.39 is 29.5 Å². The summed E-state index contributed by atoms with van der Waals surface area (Å²) >= 11 is 5.80. The number of carbonyl (C=O) groups excluding carboxylic acids is 3. The van der Waals surface area contributed by atoms with E-state index in [4.69, 9.17) is 16.3 Å². The average molecular weight is 490 g/mol. The molecule has 0 aliphatic rings. The number of amides is 2. The molecule has 7 nitrogen and oxygen atoms in total. The van der Waals surface area contributed by atoms with Gasteiger partial charge in [-0.15, -0.1) is 0 Å². The monoisotopic (exact) mass is 489 g/mol. The highest BCUT2D eigenvalue weighted by molar-refractivity contribution is 6.39. The van der Waals surface area contributed by atoms with Gasteiger partial charge in [0.25, 0.3) is 0 Å². The van der Waals surface area contributed by atoms with E-state index in [9.17, 15) is 27.6 Å². The average Bonchev–Trinajstić information content (AvgIpc) is 2.80. The molecular formula is C23H15ClF3N3O4. The molecule has 0 saturated heterocycles. The Balaban J connectivity index is 1.59. The maximum Gasteiger partial charge on any atom is 0.416 e. The molecule has 0 unspecified atom stereocenters. The molecule has 0 spiro atoms. The van der Waals surface area contributed by atoms with Gasteiger partial charge >= 0.3 is 24.0 Å². The Morgan fingerprint density at radius 3 is 2.18 bits per heavy atom. The molecule has 0 radical (unpaired) electrons. The molecule has 2 amide bonds. The number of hydrogen-bond acceptors (Lipinski definition) is 5. The fourth-order valence-electron chi connectivity index (χ4n) is 2.57. The summed E-state index contributed by atoms with van der Waals surface area (Å²) in [6.07, 6.45) is -3.36. The summed E-state index contributed by atoms with van der Waals surface area (Å²) in [5.41, 5.74) is 1.69. The van der Waals surface area contributed by atoms with Crippen molar-refractivity contribution in [2.24, 2.45) is 5.10 Å². The van der Waals surface area contributed by atoms with Gasteiger partial charge in [0.2, 0.25) is 0 Å². The Morgan fingerprint density at radius 2 is 1.53 bits per heavy atom. The van der Waals surface area contributed by atoms with E-state index >= 15 is 0 Å². The lowest BCUT2D eigenvalue weighted by atomic mass is 10.2. The lowest BCUT2D eigenvalue weighted by Gasteiger charge is -2.08. The van der Waals surface area contributed by atoms with Gasteiger partial charge in [-0.3, -0.25) is 9.59 Å². The summed E-state index contributed by atoms with van der Waals surface area (Å²) in [6.45, 7) is 0. The van der Waals surface area contributed by atoms with Crippen LogP contribution in [0.25, 0.3) is 0 Å². The molecule has 0 bridgehead atoms. The number of rotatable bonds is 5. The Hall–Kier alpha value is -4.18. The van der Waals surface area contributed by atoms with Crippen LogP contribution in [0.4, 0.5) is 18.9 Å². The molecule has 3 aromatic carbocycles. The maximum atomic E-state index is 12.6. The largest absolute Gasteiger partial charge is 0.422 e. The number of anilines is 1. The molecule has 3 rings (SSSR count). The van der Waals surface area contributed by atoms with Crippen molar-refractivity contribution in [1.29, 1.82) is 0 Å². The van der Waals surface area contributed by atoms with Crippen LogP contribution in [0.3, 0.4) is 0 Å². The Morgan fingerprint density at radius 1 is 0.882 bits per heavy atom. The number of ether oxygens (including phenoxy) is 1. The number of halogens is 4. The van der Waals surface area contributed by atoms with Crippen molar-refractivity contribution in [3.63, 3.8) is 0 Å². The third-order valence-electron chi connectivity index (χ3n) is 4.25. The molecule has 0 saturated carbocycles. The van der Waals surface area contributed by atoms with Gasteiger partial charge in [0.1, 0.15) is 5.75 Å². The van der Waals surface area contributed by atoms with Gasteiger partial charge in [-0.25, -0.2) is 10.2 Å². The fourth-order valence-corrected chi connectivity index (χ4v) is 2.69. The molecule has 11 heteroatoms. The second-order valence-electron chi connectivity index (χ2n) is 6.66. The number of hydrazone groups is 1. The van der Waals surface area contributed by atoms with Crippen molar-refractivity contribution >= 4 is 41.3 Å². The molecule has 0 aliphatic heterocycles. The molecule has 3 aromatic rings. The standard InChI is InChI=1S/C23H15ClF3N3O4/c24-17-9-5-14(6-10-17)22(33)34-19-4-2-1-3-15(19)13-28-30-21(32)20(31)29-18-11-7-16(8-12-18)23(25,26)27/h1-13H,(H,29,31)(H,30,32)/b28-13+. The quantitative estimate of drug-likeness (QED) is 0.179. The van der Waals surface area contributed by atoms with Crippen LogP contribution in [0.2, 0.25) is 5.02 Å². The van der Waals surface area contributed by atoms with Crippen molar-refractivity contribution in [1.82, 2.24) is 5.43 Å². The lowest BCUT2D eigenvalue weighted by Crippen LogP contribution is -2.32. The SMILES string of the molecule is O=C(N/N=C/c1ccccc1OC(=O)c1ccc(Cl)cc1)C(=O)Nc1ccc(C(F)(F)F)cc1. The first kappa shape index (κ1) is 24.5. The van der Waals surface area contributed by atoms with Crippen LogP contribution < -0.4 is 15.5 Å². The van der Waals surface area contributed by atoms with Crippen molar-refractivity contribution in [2.45, 2.75) is 6.18 Å². The number of carbonyl (C=O) groups is 3. The van der Waals surface area contributed by atoms with Crippen molar-refractivity contribution in [2.75, 3.05) is 5.32 Å². The first-order chi connectivity index (χ1) is 16.1. The van der Waals surface area contributed by atoms with Gasteiger partial charge in [-0.2, -0.15) is 18.3 Å². The third kappa shape index (κ3) is 6.66. The van der Waals surface area contributed by atoms with E-state index in [1.54, 1.807) is 18.2 Å². The van der Waals surface area contributed by atoms with E-state index in [0.717, 1.165) is 30.5 Å². The molecule has 2 N–H and O–H groups in total. The molecule has 34 heavy (non-hydrogen) atoms. The first-order valence-corrected chi connectivity index (χ1v) is 9.90. The van der Waals surface area contributed by atoms with Gasteiger partial charge in [0, 0.05) is 16.3 Å². The summed E-state index contributed by atoms with van der Waals surface area (Å²) in [4.78, 5) is 36.2. The van der Waals surface area contributed by atoms with E-state index in [1.807, 2.05) is 5.43 Å². The lowest BCUT2D eigenvalue weighted by molar-refractivity contribution is -0.137. The van der Waals surface area contributed by atoms with Crippen LogP contribution in [0.15, 0.2) is 77.9 Å². The van der Waals surface area contributed by atoms with E-state index in [0.29, 0.717) is 10.6 Å². The highest BCUT2D eigenvalue weighted by Crippen LogP contribution is 2.29.